The number of carbonyl (C=O) groups is 1. The van der Waals surface area contributed by atoms with E-state index in [0.717, 1.165) is 5.69 Å². The van der Waals surface area contributed by atoms with Crippen molar-refractivity contribution in [3.8, 4) is 0 Å². The van der Waals surface area contributed by atoms with Crippen molar-refractivity contribution in [1.29, 1.82) is 0 Å². The monoisotopic (exact) mass is 257 g/mol. The number of nitrogen functional groups attached to an aromatic ring is 1. The average Bonchev–Trinajstić information content (AvgIpc) is 2.42. The second kappa shape index (κ2) is 5.86. The molecule has 2 aromatic rings. The van der Waals surface area contributed by atoms with Gasteiger partial charge in [-0.15, -0.1) is 0 Å². The molecule has 0 atom stereocenters. The van der Waals surface area contributed by atoms with E-state index < -0.39 is 0 Å². The number of benzene rings is 1. The Morgan fingerprint density at radius 2 is 2.21 bits per heavy atom. The lowest BCUT2D eigenvalue weighted by molar-refractivity contribution is 0.0526. The molecule has 0 saturated carbocycles. The zero-order chi connectivity index (χ0) is 13.7. The summed E-state index contributed by atoms with van der Waals surface area (Å²) in [5.74, 6) is 0.326. The minimum absolute atomic E-state index is 0.337. The third kappa shape index (κ3) is 3.45. The zero-order valence-corrected chi connectivity index (χ0v) is 10.6. The van der Waals surface area contributed by atoms with Crippen molar-refractivity contribution in [2.45, 2.75) is 6.92 Å². The molecule has 0 aliphatic rings. The van der Waals surface area contributed by atoms with Gasteiger partial charge in [0.1, 0.15) is 5.82 Å². The normalized spacial score (nSPS) is 9.95. The van der Waals surface area contributed by atoms with Gasteiger partial charge >= 0.3 is 5.97 Å². The van der Waals surface area contributed by atoms with Gasteiger partial charge in [0.15, 0.2) is 0 Å². The number of aromatic nitrogens is 1. The minimum atomic E-state index is -0.337. The standard InChI is InChI=1S/C14H15N3O2/c1-2-19-14(18)10-4-3-5-12(8-10)17-13-7-6-11(15)9-16-13/h3-9H,2,15H2,1H3,(H,16,17). The molecule has 0 bridgehead atoms. The Labute approximate surface area is 111 Å². The predicted octanol–water partition coefficient (Wildman–Crippen LogP) is 2.58. The Bertz CT molecular complexity index is 567. The lowest BCUT2D eigenvalue weighted by Gasteiger charge is -2.07. The third-order valence-corrected chi connectivity index (χ3v) is 2.43. The highest BCUT2D eigenvalue weighted by atomic mass is 16.5. The molecule has 5 heteroatoms. The predicted molar refractivity (Wildman–Crippen MR) is 74.3 cm³/mol. The maximum Gasteiger partial charge on any atom is 0.338 e. The smallest absolute Gasteiger partial charge is 0.338 e. The molecular weight excluding hydrogens is 242 g/mol. The molecule has 1 aromatic carbocycles. The quantitative estimate of drug-likeness (QED) is 0.823. The van der Waals surface area contributed by atoms with Crippen LogP contribution >= 0.6 is 0 Å². The van der Waals surface area contributed by atoms with Crippen LogP contribution in [0.15, 0.2) is 42.6 Å². The molecule has 3 N–H and O–H groups in total. The SMILES string of the molecule is CCOC(=O)c1cccc(Nc2ccc(N)cn2)c1. The van der Waals surface area contributed by atoms with E-state index in [4.69, 9.17) is 10.5 Å². The van der Waals surface area contributed by atoms with E-state index in [1.54, 1.807) is 43.5 Å². The number of pyridine rings is 1. The van der Waals surface area contributed by atoms with Gasteiger partial charge in [-0.2, -0.15) is 0 Å². The van der Waals surface area contributed by atoms with Crippen LogP contribution in [0.2, 0.25) is 0 Å². The Morgan fingerprint density at radius 1 is 1.37 bits per heavy atom. The van der Waals surface area contributed by atoms with Crippen LogP contribution in [0.1, 0.15) is 17.3 Å². The molecule has 0 saturated heterocycles. The summed E-state index contributed by atoms with van der Waals surface area (Å²) >= 11 is 0. The zero-order valence-electron chi connectivity index (χ0n) is 10.6. The van der Waals surface area contributed by atoms with Crippen molar-refractivity contribution in [3.63, 3.8) is 0 Å². The van der Waals surface area contributed by atoms with Crippen LogP contribution in [-0.4, -0.2) is 17.6 Å². The van der Waals surface area contributed by atoms with Crippen molar-refractivity contribution in [3.05, 3.63) is 48.2 Å². The van der Waals surface area contributed by atoms with Crippen molar-refractivity contribution in [2.24, 2.45) is 0 Å². The van der Waals surface area contributed by atoms with Gasteiger partial charge in [-0.1, -0.05) is 6.07 Å². The van der Waals surface area contributed by atoms with Crippen molar-refractivity contribution in [1.82, 2.24) is 4.98 Å². The number of carbonyl (C=O) groups excluding carboxylic acids is 1. The molecule has 5 nitrogen and oxygen atoms in total. The second-order valence-corrected chi connectivity index (χ2v) is 3.90. The summed E-state index contributed by atoms with van der Waals surface area (Å²) in [6.07, 6.45) is 1.57. The summed E-state index contributed by atoms with van der Waals surface area (Å²) in [5, 5.41) is 3.09. The van der Waals surface area contributed by atoms with Crippen LogP contribution < -0.4 is 11.1 Å². The van der Waals surface area contributed by atoms with Crippen molar-refractivity contribution < 1.29 is 9.53 Å². The number of rotatable bonds is 4. The number of nitrogens with one attached hydrogen (secondary N) is 1. The fourth-order valence-corrected chi connectivity index (χ4v) is 1.57. The number of esters is 1. The molecule has 0 fully saturated rings. The summed E-state index contributed by atoms with van der Waals surface area (Å²) in [5.41, 5.74) is 7.44. The van der Waals surface area contributed by atoms with E-state index in [0.29, 0.717) is 23.7 Å². The molecule has 2 rings (SSSR count). The lowest BCUT2D eigenvalue weighted by atomic mass is 10.2. The van der Waals surface area contributed by atoms with Gasteiger partial charge in [0.05, 0.1) is 24.1 Å². The van der Waals surface area contributed by atoms with Gasteiger partial charge in [0.25, 0.3) is 0 Å². The van der Waals surface area contributed by atoms with Gasteiger partial charge < -0.3 is 15.8 Å². The summed E-state index contributed by atoms with van der Waals surface area (Å²) in [4.78, 5) is 15.7. The fraction of sp³-hybridized carbons (Fsp3) is 0.143. The number of nitrogens with zero attached hydrogens (tertiary/aromatic N) is 1. The number of hydrogen-bond donors (Lipinski definition) is 2. The molecule has 0 aliphatic heterocycles. The highest BCUT2D eigenvalue weighted by Gasteiger charge is 2.06. The molecule has 0 amide bonds. The average molecular weight is 257 g/mol. The molecule has 0 unspecified atom stereocenters. The van der Waals surface area contributed by atoms with Gasteiger partial charge in [-0.25, -0.2) is 9.78 Å². The Balaban J connectivity index is 2.15. The topological polar surface area (TPSA) is 77.2 Å². The van der Waals surface area contributed by atoms with E-state index in [-0.39, 0.29) is 5.97 Å². The maximum atomic E-state index is 11.6. The first-order valence-electron chi connectivity index (χ1n) is 5.95. The number of anilines is 3. The number of ether oxygens (including phenoxy) is 1. The lowest BCUT2D eigenvalue weighted by Crippen LogP contribution is -2.05. The summed E-state index contributed by atoms with van der Waals surface area (Å²) in [6, 6.07) is 10.6. The third-order valence-electron chi connectivity index (χ3n) is 2.43. The summed E-state index contributed by atoms with van der Waals surface area (Å²) in [7, 11) is 0. The van der Waals surface area contributed by atoms with Gasteiger partial charge in [-0.3, -0.25) is 0 Å². The highest BCUT2D eigenvalue weighted by Crippen LogP contribution is 2.17. The molecule has 0 spiro atoms. The largest absolute Gasteiger partial charge is 0.462 e. The second-order valence-electron chi connectivity index (χ2n) is 3.90. The van der Waals surface area contributed by atoms with Gasteiger partial charge in [0, 0.05) is 5.69 Å². The molecule has 98 valence electrons. The van der Waals surface area contributed by atoms with Gasteiger partial charge in [0.2, 0.25) is 0 Å². The van der Waals surface area contributed by atoms with Gasteiger partial charge in [-0.05, 0) is 37.3 Å². The van der Waals surface area contributed by atoms with Crippen molar-refractivity contribution >= 4 is 23.2 Å². The van der Waals surface area contributed by atoms with Crippen LogP contribution in [-0.2, 0) is 4.74 Å². The molecule has 19 heavy (non-hydrogen) atoms. The Hall–Kier alpha value is -2.56. The van der Waals surface area contributed by atoms with Crippen LogP contribution in [0.4, 0.5) is 17.2 Å². The van der Waals surface area contributed by atoms with Crippen LogP contribution in [0, 0.1) is 0 Å². The van der Waals surface area contributed by atoms with E-state index in [1.807, 2.05) is 6.07 Å². The van der Waals surface area contributed by atoms with E-state index >= 15 is 0 Å². The van der Waals surface area contributed by atoms with E-state index in [1.165, 1.54) is 0 Å². The number of nitrogens with two attached hydrogens (primary N) is 1. The summed E-state index contributed by atoms with van der Waals surface area (Å²) in [6.45, 7) is 2.13. The first kappa shape index (κ1) is 12.9. The van der Waals surface area contributed by atoms with Crippen LogP contribution in [0.25, 0.3) is 0 Å². The van der Waals surface area contributed by atoms with E-state index in [2.05, 4.69) is 10.3 Å². The van der Waals surface area contributed by atoms with E-state index in [9.17, 15) is 4.79 Å². The highest BCUT2D eigenvalue weighted by molar-refractivity contribution is 5.90. The first-order chi connectivity index (χ1) is 9.19. The maximum absolute atomic E-state index is 11.6. The molecule has 0 radical (unpaired) electrons. The summed E-state index contributed by atoms with van der Waals surface area (Å²) < 4.78 is 4.95. The Kier molecular flexibility index (Phi) is 3.97. The number of hydrogen-bond acceptors (Lipinski definition) is 5. The molecule has 1 aromatic heterocycles. The van der Waals surface area contributed by atoms with Crippen LogP contribution in [0.3, 0.4) is 0 Å². The van der Waals surface area contributed by atoms with Crippen LogP contribution in [0.5, 0.6) is 0 Å². The molecular formula is C14H15N3O2. The fourth-order valence-electron chi connectivity index (χ4n) is 1.57. The molecule has 0 aliphatic carbocycles. The van der Waals surface area contributed by atoms with Crippen molar-refractivity contribution in [2.75, 3.05) is 17.7 Å². The minimum Gasteiger partial charge on any atom is -0.462 e. The first-order valence-corrected chi connectivity index (χ1v) is 5.95. The Morgan fingerprint density at radius 3 is 2.89 bits per heavy atom. The molecule has 1 heterocycles.